The number of nitrogens with one attached hydrogen (secondary N) is 1. The van der Waals surface area contributed by atoms with E-state index in [2.05, 4.69) is 4.98 Å². The molecule has 0 bridgehead atoms. The molecular weight excluding hydrogens is 416 g/mol. The van der Waals surface area contributed by atoms with E-state index in [1.807, 2.05) is 42.6 Å². The quantitative estimate of drug-likeness (QED) is 0.469. The number of benzene rings is 1. The van der Waals surface area contributed by atoms with Gasteiger partial charge in [-0.25, -0.2) is 0 Å². The molecular formula is C26H22N4O3. The molecule has 0 radical (unpaired) electrons. The first kappa shape index (κ1) is 20.5. The summed E-state index contributed by atoms with van der Waals surface area (Å²) in [4.78, 5) is 41.4. The number of rotatable bonds is 3. The van der Waals surface area contributed by atoms with Gasteiger partial charge in [-0.1, -0.05) is 30.3 Å². The predicted molar refractivity (Wildman–Crippen MR) is 130 cm³/mol. The number of hydrogen-bond donors (Lipinski definition) is 1. The van der Waals surface area contributed by atoms with Crippen LogP contribution >= 0.6 is 0 Å². The maximum Gasteiger partial charge on any atom is 0.274 e. The monoisotopic (exact) mass is 438 g/mol. The minimum atomic E-state index is -0.210. The van der Waals surface area contributed by atoms with E-state index in [0.717, 1.165) is 22.3 Å². The zero-order valence-corrected chi connectivity index (χ0v) is 18.5. The molecule has 5 rings (SSSR count). The van der Waals surface area contributed by atoms with Crippen molar-refractivity contribution in [2.24, 2.45) is 21.1 Å². The molecule has 0 aliphatic rings. The van der Waals surface area contributed by atoms with Gasteiger partial charge in [-0.3, -0.25) is 14.4 Å². The van der Waals surface area contributed by atoms with Gasteiger partial charge >= 0.3 is 0 Å². The smallest absolute Gasteiger partial charge is 0.274 e. The zero-order valence-electron chi connectivity index (χ0n) is 18.5. The summed E-state index contributed by atoms with van der Waals surface area (Å²) in [6.45, 7) is 0. The summed E-state index contributed by atoms with van der Waals surface area (Å²) in [5.41, 5.74) is 4.16. The normalized spacial score (nSPS) is 11.2. The van der Waals surface area contributed by atoms with Crippen LogP contribution in [0.25, 0.3) is 44.4 Å². The third kappa shape index (κ3) is 3.34. The first-order valence-electron chi connectivity index (χ1n) is 10.5. The van der Waals surface area contributed by atoms with Crippen LogP contribution in [0.15, 0.2) is 87.6 Å². The summed E-state index contributed by atoms with van der Waals surface area (Å²) >= 11 is 0. The average Bonchev–Trinajstić information content (AvgIpc) is 3.26. The van der Waals surface area contributed by atoms with Crippen molar-refractivity contribution >= 4 is 10.9 Å². The van der Waals surface area contributed by atoms with Crippen LogP contribution in [-0.2, 0) is 21.1 Å². The van der Waals surface area contributed by atoms with Crippen molar-refractivity contribution in [3.63, 3.8) is 0 Å². The molecule has 0 fully saturated rings. The van der Waals surface area contributed by atoms with Crippen LogP contribution in [0.5, 0.6) is 0 Å². The predicted octanol–water partition coefficient (Wildman–Crippen LogP) is 3.27. The van der Waals surface area contributed by atoms with E-state index in [-0.39, 0.29) is 16.7 Å². The number of hydrogen-bond acceptors (Lipinski definition) is 3. The third-order valence-corrected chi connectivity index (χ3v) is 5.98. The van der Waals surface area contributed by atoms with Gasteiger partial charge < -0.3 is 18.7 Å². The van der Waals surface area contributed by atoms with E-state index >= 15 is 0 Å². The van der Waals surface area contributed by atoms with Crippen molar-refractivity contribution < 1.29 is 0 Å². The van der Waals surface area contributed by atoms with Crippen LogP contribution in [0, 0.1) is 0 Å². The lowest BCUT2D eigenvalue weighted by atomic mass is 9.95. The van der Waals surface area contributed by atoms with E-state index in [1.165, 1.54) is 9.13 Å². The molecule has 0 aliphatic heterocycles. The highest BCUT2D eigenvalue weighted by molar-refractivity contribution is 6.00. The van der Waals surface area contributed by atoms with E-state index < -0.39 is 0 Å². The number of H-pyrrole nitrogens is 1. The van der Waals surface area contributed by atoms with Gasteiger partial charge in [0.15, 0.2) is 0 Å². The molecule has 5 aromatic rings. The molecule has 0 amide bonds. The highest BCUT2D eigenvalue weighted by Gasteiger charge is 2.18. The minimum Gasteiger partial charge on any atom is -0.350 e. The van der Waals surface area contributed by atoms with Crippen LogP contribution in [-0.4, -0.2) is 18.7 Å². The van der Waals surface area contributed by atoms with Gasteiger partial charge in [-0.2, -0.15) is 0 Å². The summed E-state index contributed by atoms with van der Waals surface area (Å²) < 4.78 is 4.53. The first-order chi connectivity index (χ1) is 15.8. The van der Waals surface area contributed by atoms with Gasteiger partial charge in [0.25, 0.3) is 16.7 Å². The average molecular weight is 438 g/mol. The molecule has 0 atom stereocenters. The lowest BCUT2D eigenvalue weighted by molar-refractivity contribution is 0.859. The maximum absolute atomic E-state index is 13.0. The van der Waals surface area contributed by atoms with Gasteiger partial charge in [-0.15, -0.1) is 0 Å². The molecule has 164 valence electrons. The Hall–Kier alpha value is -4.39. The Morgan fingerprint density at radius 3 is 2.15 bits per heavy atom. The molecule has 33 heavy (non-hydrogen) atoms. The molecule has 0 aliphatic carbocycles. The Balaban J connectivity index is 1.86. The molecule has 0 saturated carbocycles. The first-order valence-corrected chi connectivity index (χ1v) is 10.5. The highest BCUT2D eigenvalue weighted by atomic mass is 16.1. The summed E-state index contributed by atoms with van der Waals surface area (Å²) in [7, 11) is 5.08. The van der Waals surface area contributed by atoms with Crippen LogP contribution in [0.2, 0.25) is 0 Å². The van der Waals surface area contributed by atoms with Gasteiger partial charge in [0.1, 0.15) is 5.52 Å². The SMILES string of the molecule is Cn1cc(-c2ccccc2)c(-c2cn(C)c(=O)c3[nH]c(-c4cccn(C)c4=O)cc23)cc1=O. The fourth-order valence-corrected chi connectivity index (χ4v) is 4.20. The van der Waals surface area contributed by atoms with Crippen LogP contribution in [0.1, 0.15) is 0 Å². The summed E-state index contributed by atoms with van der Waals surface area (Å²) in [5, 5.41) is 0.657. The molecule has 7 heteroatoms. The largest absolute Gasteiger partial charge is 0.350 e. The summed E-state index contributed by atoms with van der Waals surface area (Å²) in [6.07, 6.45) is 5.24. The Labute approximate surface area is 188 Å². The topological polar surface area (TPSA) is 81.8 Å². The lowest BCUT2D eigenvalue weighted by Gasteiger charge is -2.14. The Morgan fingerprint density at radius 2 is 1.39 bits per heavy atom. The highest BCUT2D eigenvalue weighted by Crippen LogP contribution is 2.35. The second kappa shape index (κ2) is 7.63. The molecule has 0 spiro atoms. The molecule has 4 heterocycles. The second-order valence-corrected chi connectivity index (χ2v) is 8.18. The minimum absolute atomic E-state index is 0.153. The van der Waals surface area contributed by atoms with Crippen molar-refractivity contribution in [1.82, 2.24) is 18.7 Å². The van der Waals surface area contributed by atoms with E-state index in [9.17, 15) is 14.4 Å². The van der Waals surface area contributed by atoms with Crippen molar-refractivity contribution in [3.8, 4) is 33.5 Å². The molecule has 1 aromatic carbocycles. The van der Waals surface area contributed by atoms with Crippen molar-refractivity contribution in [3.05, 3.63) is 104 Å². The molecule has 0 saturated heterocycles. The van der Waals surface area contributed by atoms with Gasteiger partial charge in [0.05, 0.1) is 11.3 Å². The Kier molecular flexibility index (Phi) is 4.74. The van der Waals surface area contributed by atoms with Gasteiger partial charge in [-0.05, 0) is 29.3 Å². The second-order valence-electron chi connectivity index (χ2n) is 8.18. The maximum atomic E-state index is 13.0. The summed E-state index contributed by atoms with van der Waals surface area (Å²) in [5.74, 6) is 0. The number of aromatic nitrogens is 4. The van der Waals surface area contributed by atoms with Crippen molar-refractivity contribution in [1.29, 1.82) is 0 Å². The number of nitrogens with zero attached hydrogens (tertiary/aromatic N) is 3. The van der Waals surface area contributed by atoms with Crippen LogP contribution < -0.4 is 16.7 Å². The molecule has 0 unspecified atom stereocenters. The van der Waals surface area contributed by atoms with Crippen LogP contribution in [0.3, 0.4) is 0 Å². The third-order valence-electron chi connectivity index (χ3n) is 5.98. The Bertz CT molecular complexity index is 1700. The van der Waals surface area contributed by atoms with E-state index in [4.69, 9.17) is 0 Å². The van der Waals surface area contributed by atoms with Crippen molar-refractivity contribution in [2.75, 3.05) is 0 Å². The van der Waals surface area contributed by atoms with Crippen molar-refractivity contribution in [2.45, 2.75) is 0 Å². The van der Waals surface area contributed by atoms with E-state index in [0.29, 0.717) is 22.2 Å². The number of aryl methyl sites for hydroxylation is 3. The van der Waals surface area contributed by atoms with Gasteiger partial charge in [0, 0.05) is 62.3 Å². The number of pyridine rings is 3. The standard InChI is InChI=1S/C26H22N4O3/c1-28-11-7-10-17(25(28)32)22-12-19-21(15-30(3)26(33)24(19)27-22)18-13-23(31)29(2)14-20(18)16-8-5-4-6-9-16/h4-15,27H,1-3H3. The zero-order chi connectivity index (χ0) is 23.3. The Morgan fingerprint density at radius 1 is 0.667 bits per heavy atom. The summed E-state index contributed by atoms with van der Waals surface area (Å²) in [6, 6.07) is 16.7. The molecule has 7 nitrogen and oxygen atoms in total. The van der Waals surface area contributed by atoms with Gasteiger partial charge in [0.2, 0.25) is 0 Å². The number of fused-ring (bicyclic) bond motifs is 1. The lowest BCUT2D eigenvalue weighted by Crippen LogP contribution is -2.18. The number of aromatic amines is 1. The molecule has 1 N–H and O–H groups in total. The molecule has 4 aromatic heterocycles. The fourth-order valence-electron chi connectivity index (χ4n) is 4.20. The van der Waals surface area contributed by atoms with Crippen LogP contribution in [0.4, 0.5) is 0 Å². The van der Waals surface area contributed by atoms with E-state index in [1.54, 1.807) is 56.3 Å². The fraction of sp³-hybridized carbons (Fsp3) is 0.115.